The molecule has 0 spiro atoms. The molecule has 0 radical (unpaired) electrons. The van der Waals surface area contributed by atoms with Gasteiger partial charge in [0, 0.05) is 18.7 Å². The number of aromatic nitrogens is 1. The smallest absolute Gasteiger partial charge is 0.251 e. The summed E-state index contributed by atoms with van der Waals surface area (Å²) in [5, 5.41) is 2.90. The van der Waals surface area contributed by atoms with E-state index in [-0.39, 0.29) is 12.0 Å². The summed E-state index contributed by atoms with van der Waals surface area (Å²) < 4.78 is 6.89. The second kappa shape index (κ2) is 5.45. The molecule has 0 aliphatic carbocycles. The zero-order valence-electron chi connectivity index (χ0n) is 10.2. The lowest BCUT2D eigenvalue weighted by molar-refractivity contribution is 0.0858. The fourth-order valence-electron chi connectivity index (χ4n) is 2.15. The lowest BCUT2D eigenvalue weighted by Gasteiger charge is -2.10. The molecule has 100 valence electrons. The lowest BCUT2D eigenvalue weighted by atomic mass is 10.2. The van der Waals surface area contributed by atoms with Crippen LogP contribution in [0.1, 0.15) is 23.2 Å². The van der Waals surface area contributed by atoms with E-state index in [0.717, 1.165) is 29.7 Å². The van der Waals surface area contributed by atoms with Gasteiger partial charge in [0.1, 0.15) is 0 Å². The maximum absolute atomic E-state index is 12.0. The molecule has 19 heavy (non-hydrogen) atoms. The molecule has 1 fully saturated rings. The molecule has 1 amide bonds. The number of nitrogens with zero attached hydrogens (tertiary/aromatic N) is 1. The predicted molar refractivity (Wildman–Crippen MR) is 75.9 cm³/mol. The molecule has 1 aliphatic heterocycles. The molecule has 1 saturated heterocycles. The maximum Gasteiger partial charge on any atom is 0.251 e. The number of ether oxygens (including phenoxy) is 1. The van der Waals surface area contributed by atoms with E-state index in [1.165, 1.54) is 11.3 Å². The molecule has 1 aromatic carbocycles. The van der Waals surface area contributed by atoms with E-state index >= 15 is 0 Å². The Morgan fingerprint density at radius 2 is 2.47 bits per heavy atom. The lowest BCUT2D eigenvalue weighted by Crippen LogP contribution is -2.31. The molecule has 1 aromatic heterocycles. The second-order valence-electron chi connectivity index (χ2n) is 4.49. The summed E-state index contributed by atoms with van der Waals surface area (Å²) >= 11 is 7.23. The van der Waals surface area contributed by atoms with E-state index < -0.39 is 0 Å². The van der Waals surface area contributed by atoms with Gasteiger partial charge in [-0.25, -0.2) is 4.98 Å². The number of rotatable bonds is 3. The van der Waals surface area contributed by atoms with E-state index in [0.29, 0.717) is 16.6 Å². The van der Waals surface area contributed by atoms with Crippen molar-refractivity contribution in [1.29, 1.82) is 0 Å². The summed E-state index contributed by atoms with van der Waals surface area (Å²) in [6.07, 6.45) is 2.25. The van der Waals surface area contributed by atoms with Crippen LogP contribution in [0.5, 0.6) is 0 Å². The van der Waals surface area contributed by atoms with Crippen molar-refractivity contribution in [2.75, 3.05) is 13.2 Å². The Hall–Kier alpha value is -1.17. The van der Waals surface area contributed by atoms with Gasteiger partial charge in [-0.3, -0.25) is 4.79 Å². The molecular formula is C13H13ClN2O2S. The molecule has 1 atom stereocenters. The van der Waals surface area contributed by atoms with Gasteiger partial charge in [-0.2, -0.15) is 0 Å². The molecule has 4 nitrogen and oxygen atoms in total. The summed E-state index contributed by atoms with van der Waals surface area (Å²) in [5.41, 5.74) is 1.46. The van der Waals surface area contributed by atoms with Crippen LogP contribution in [0.2, 0.25) is 4.47 Å². The highest BCUT2D eigenvalue weighted by atomic mass is 35.5. The molecule has 3 rings (SSSR count). The van der Waals surface area contributed by atoms with Crippen LogP contribution in [0.15, 0.2) is 18.2 Å². The Labute approximate surface area is 119 Å². The normalized spacial score (nSPS) is 18.9. The van der Waals surface area contributed by atoms with E-state index in [1.807, 2.05) is 12.1 Å². The zero-order valence-corrected chi connectivity index (χ0v) is 11.8. The number of carbonyl (C=O) groups is 1. The topological polar surface area (TPSA) is 51.2 Å². The summed E-state index contributed by atoms with van der Waals surface area (Å²) in [4.78, 5) is 16.2. The molecule has 0 saturated carbocycles. The Balaban J connectivity index is 1.69. The molecular weight excluding hydrogens is 284 g/mol. The van der Waals surface area contributed by atoms with E-state index in [2.05, 4.69) is 10.3 Å². The first-order valence-electron chi connectivity index (χ1n) is 6.18. The Kier molecular flexibility index (Phi) is 3.68. The standard InChI is InChI=1S/C13H13ClN2O2S/c14-13-16-10-4-3-8(6-11(10)19-13)12(17)15-7-9-2-1-5-18-9/h3-4,6,9H,1-2,5,7H2,(H,15,17)/t9-/m1/s1. The zero-order chi connectivity index (χ0) is 13.2. The number of thiazole rings is 1. The van der Waals surface area contributed by atoms with Crippen molar-refractivity contribution >= 4 is 39.1 Å². The van der Waals surface area contributed by atoms with Crippen LogP contribution in [0.4, 0.5) is 0 Å². The molecule has 6 heteroatoms. The molecule has 2 heterocycles. The van der Waals surface area contributed by atoms with Crippen LogP contribution in [0.25, 0.3) is 10.2 Å². The number of hydrogen-bond donors (Lipinski definition) is 1. The Morgan fingerprint density at radius 1 is 1.58 bits per heavy atom. The van der Waals surface area contributed by atoms with Crippen molar-refractivity contribution < 1.29 is 9.53 Å². The van der Waals surface area contributed by atoms with Gasteiger partial charge in [0.2, 0.25) is 0 Å². The van der Waals surface area contributed by atoms with E-state index in [1.54, 1.807) is 6.07 Å². The number of fused-ring (bicyclic) bond motifs is 1. The van der Waals surface area contributed by atoms with Crippen molar-refractivity contribution in [1.82, 2.24) is 10.3 Å². The van der Waals surface area contributed by atoms with Crippen molar-refractivity contribution in [3.63, 3.8) is 0 Å². The quantitative estimate of drug-likeness (QED) is 0.947. The predicted octanol–water partition coefficient (Wildman–Crippen LogP) is 2.86. The first-order chi connectivity index (χ1) is 9.22. The average molecular weight is 297 g/mol. The fourth-order valence-corrected chi connectivity index (χ4v) is 3.22. The minimum absolute atomic E-state index is 0.0816. The molecule has 0 bridgehead atoms. The molecule has 1 aliphatic rings. The van der Waals surface area contributed by atoms with Crippen LogP contribution >= 0.6 is 22.9 Å². The largest absolute Gasteiger partial charge is 0.376 e. The van der Waals surface area contributed by atoms with Crippen LogP contribution in [-0.2, 0) is 4.74 Å². The summed E-state index contributed by atoms with van der Waals surface area (Å²) in [6.45, 7) is 1.37. The number of nitrogens with one attached hydrogen (secondary N) is 1. The summed E-state index contributed by atoms with van der Waals surface area (Å²) in [6, 6.07) is 5.41. The average Bonchev–Trinajstić information content (AvgIpc) is 3.02. The number of hydrogen-bond acceptors (Lipinski definition) is 4. The molecule has 1 N–H and O–H groups in total. The third-order valence-corrected chi connectivity index (χ3v) is 4.26. The highest BCUT2D eigenvalue weighted by molar-refractivity contribution is 7.22. The molecule has 2 aromatic rings. The van der Waals surface area contributed by atoms with Gasteiger partial charge in [0.05, 0.1) is 16.3 Å². The third-order valence-electron chi connectivity index (χ3n) is 3.14. The van der Waals surface area contributed by atoms with Crippen molar-refractivity contribution in [2.45, 2.75) is 18.9 Å². The Morgan fingerprint density at radius 3 is 3.26 bits per heavy atom. The first kappa shape index (κ1) is 12.8. The number of carbonyl (C=O) groups excluding carboxylic acids is 1. The van der Waals surface area contributed by atoms with Gasteiger partial charge in [-0.1, -0.05) is 11.6 Å². The van der Waals surface area contributed by atoms with Crippen LogP contribution in [-0.4, -0.2) is 30.1 Å². The monoisotopic (exact) mass is 296 g/mol. The Bertz CT molecular complexity index is 608. The fraction of sp³-hybridized carbons (Fsp3) is 0.385. The van der Waals surface area contributed by atoms with Gasteiger partial charge >= 0.3 is 0 Å². The van der Waals surface area contributed by atoms with E-state index in [9.17, 15) is 4.79 Å². The minimum Gasteiger partial charge on any atom is -0.376 e. The van der Waals surface area contributed by atoms with Crippen molar-refractivity contribution in [3.05, 3.63) is 28.2 Å². The van der Waals surface area contributed by atoms with Crippen LogP contribution in [0, 0.1) is 0 Å². The number of benzene rings is 1. The molecule has 0 unspecified atom stereocenters. The van der Waals surface area contributed by atoms with Gasteiger partial charge in [0.25, 0.3) is 5.91 Å². The highest BCUT2D eigenvalue weighted by Gasteiger charge is 2.17. The minimum atomic E-state index is -0.0816. The van der Waals surface area contributed by atoms with Crippen LogP contribution in [0.3, 0.4) is 0 Å². The first-order valence-corrected chi connectivity index (χ1v) is 7.38. The maximum atomic E-state index is 12.0. The van der Waals surface area contributed by atoms with Crippen molar-refractivity contribution in [2.24, 2.45) is 0 Å². The van der Waals surface area contributed by atoms with Gasteiger partial charge in [-0.05, 0) is 31.0 Å². The second-order valence-corrected chi connectivity index (χ2v) is 6.11. The van der Waals surface area contributed by atoms with Crippen LogP contribution < -0.4 is 5.32 Å². The summed E-state index contributed by atoms with van der Waals surface area (Å²) in [5.74, 6) is -0.0816. The van der Waals surface area contributed by atoms with Gasteiger partial charge < -0.3 is 10.1 Å². The van der Waals surface area contributed by atoms with E-state index in [4.69, 9.17) is 16.3 Å². The number of amides is 1. The number of halogens is 1. The third kappa shape index (κ3) is 2.88. The SMILES string of the molecule is O=C(NC[C@H]1CCCO1)c1ccc2nc(Cl)sc2c1. The summed E-state index contributed by atoms with van der Waals surface area (Å²) in [7, 11) is 0. The van der Waals surface area contributed by atoms with Crippen molar-refractivity contribution in [3.8, 4) is 0 Å². The van der Waals surface area contributed by atoms with Gasteiger partial charge in [0.15, 0.2) is 4.47 Å². The van der Waals surface area contributed by atoms with Gasteiger partial charge in [-0.15, -0.1) is 11.3 Å². The highest BCUT2D eigenvalue weighted by Crippen LogP contribution is 2.26.